The van der Waals surface area contributed by atoms with E-state index in [1.165, 1.54) is 11.1 Å². The van der Waals surface area contributed by atoms with Gasteiger partial charge in [0.05, 0.1) is 0 Å². The van der Waals surface area contributed by atoms with Crippen molar-refractivity contribution in [3.8, 4) is 0 Å². The van der Waals surface area contributed by atoms with Gasteiger partial charge in [0, 0.05) is 11.8 Å². The number of aromatic nitrogens is 1. The SMILES string of the molecule is CC1=CCc2ccc(=O)[nH]c21. The Kier molecular flexibility index (Phi) is 1.22. The van der Waals surface area contributed by atoms with E-state index >= 15 is 0 Å². The molecule has 1 heterocycles. The van der Waals surface area contributed by atoms with Crippen LogP contribution in [0, 0.1) is 0 Å². The number of hydrogen-bond donors (Lipinski definition) is 1. The Morgan fingerprint density at radius 1 is 1.45 bits per heavy atom. The number of H-pyrrole nitrogens is 1. The van der Waals surface area contributed by atoms with Crippen LogP contribution in [0.1, 0.15) is 18.2 Å². The first-order valence-corrected chi connectivity index (χ1v) is 3.67. The molecule has 0 aliphatic heterocycles. The fraction of sp³-hybridized carbons (Fsp3) is 0.222. The molecule has 0 saturated heterocycles. The molecule has 1 aromatic rings. The lowest BCUT2D eigenvalue weighted by molar-refractivity contribution is 1.15. The summed E-state index contributed by atoms with van der Waals surface area (Å²) in [5, 5.41) is 0. The minimum atomic E-state index is -0.0154. The maximum absolute atomic E-state index is 10.9. The molecule has 2 nitrogen and oxygen atoms in total. The molecule has 0 aromatic carbocycles. The summed E-state index contributed by atoms with van der Waals surface area (Å²) in [5.41, 5.74) is 3.40. The molecule has 0 atom stereocenters. The van der Waals surface area contributed by atoms with Crippen LogP contribution < -0.4 is 5.56 Å². The molecule has 0 spiro atoms. The standard InChI is InChI=1S/C9H9NO/c1-6-2-3-7-4-5-8(11)10-9(6)7/h2,4-5H,3H2,1H3,(H,10,11). The van der Waals surface area contributed by atoms with Gasteiger partial charge >= 0.3 is 0 Å². The number of rotatable bonds is 0. The number of aromatic amines is 1. The zero-order valence-electron chi connectivity index (χ0n) is 6.35. The summed E-state index contributed by atoms with van der Waals surface area (Å²) in [6.07, 6.45) is 3.08. The highest BCUT2D eigenvalue weighted by molar-refractivity contribution is 5.68. The zero-order valence-corrected chi connectivity index (χ0v) is 6.35. The topological polar surface area (TPSA) is 32.9 Å². The van der Waals surface area contributed by atoms with Gasteiger partial charge in [0.25, 0.3) is 0 Å². The summed E-state index contributed by atoms with van der Waals surface area (Å²) in [7, 11) is 0. The quantitative estimate of drug-likeness (QED) is 0.590. The van der Waals surface area contributed by atoms with E-state index in [-0.39, 0.29) is 5.56 Å². The van der Waals surface area contributed by atoms with Crippen molar-refractivity contribution in [3.05, 3.63) is 39.8 Å². The van der Waals surface area contributed by atoms with Crippen molar-refractivity contribution in [3.63, 3.8) is 0 Å². The largest absolute Gasteiger partial charge is 0.322 e. The Balaban J connectivity index is 2.69. The maximum Gasteiger partial charge on any atom is 0.248 e. The lowest BCUT2D eigenvalue weighted by atomic mass is 10.2. The highest BCUT2D eigenvalue weighted by Crippen LogP contribution is 2.22. The molecule has 1 aliphatic carbocycles. The lowest BCUT2D eigenvalue weighted by Gasteiger charge is -1.97. The first-order valence-electron chi connectivity index (χ1n) is 3.67. The summed E-state index contributed by atoms with van der Waals surface area (Å²) in [5.74, 6) is 0. The fourth-order valence-electron chi connectivity index (χ4n) is 1.39. The third-order valence-corrected chi connectivity index (χ3v) is 2.03. The second kappa shape index (κ2) is 2.09. The van der Waals surface area contributed by atoms with Crippen molar-refractivity contribution in [2.75, 3.05) is 0 Å². The molecule has 0 amide bonds. The predicted molar refractivity (Wildman–Crippen MR) is 44.4 cm³/mol. The Morgan fingerprint density at radius 2 is 2.27 bits per heavy atom. The van der Waals surface area contributed by atoms with Crippen LogP contribution in [-0.4, -0.2) is 4.98 Å². The molecule has 0 bridgehead atoms. The van der Waals surface area contributed by atoms with Crippen LogP contribution in [0.15, 0.2) is 23.0 Å². The number of fused-ring (bicyclic) bond motifs is 1. The van der Waals surface area contributed by atoms with Gasteiger partial charge in [0.15, 0.2) is 0 Å². The minimum Gasteiger partial charge on any atom is -0.322 e. The summed E-state index contributed by atoms with van der Waals surface area (Å²) < 4.78 is 0. The number of pyridine rings is 1. The van der Waals surface area contributed by atoms with E-state index in [1.54, 1.807) is 6.07 Å². The van der Waals surface area contributed by atoms with Crippen molar-refractivity contribution in [1.82, 2.24) is 4.98 Å². The fourth-order valence-corrected chi connectivity index (χ4v) is 1.39. The Morgan fingerprint density at radius 3 is 3.09 bits per heavy atom. The van der Waals surface area contributed by atoms with Gasteiger partial charge in [-0.1, -0.05) is 12.1 Å². The van der Waals surface area contributed by atoms with E-state index < -0.39 is 0 Å². The second-order valence-corrected chi connectivity index (χ2v) is 2.81. The lowest BCUT2D eigenvalue weighted by Crippen LogP contribution is -2.06. The van der Waals surface area contributed by atoms with E-state index in [9.17, 15) is 4.79 Å². The van der Waals surface area contributed by atoms with Crippen LogP contribution in [0.2, 0.25) is 0 Å². The average Bonchev–Trinajstić information content (AvgIpc) is 2.33. The van der Waals surface area contributed by atoms with E-state index in [0.717, 1.165) is 12.1 Å². The Bertz CT molecular complexity index is 373. The second-order valence-electron chi connectivity index (χ2n) is 2.81. The first-order chi connectivity index (χ1) is 5.27. The molecule has 0 saturated carbocycles. The monoisotopic (exact) mass is 147 g/mol. The number of allylic oxidation sites excluding steroid dienone is 2. The van der Waals surface area contributed by atoms with E-state index in [2.05, 4.69) is 11.1 Å². The minimum absolute atomic E-state index is 0.0154. The van der Waals surface area contributed by atoms with Gasteiger partial charge in [-0.3, -0.25) is 4.79 Å². The zero-order chi connectivity index (χ0) is 7.84. The highest BCUT2D eigenvalue weighted by atomic mass is 16.1. The normalized spacial score (nSPS) is 14.5. The van der Waals surface area contributed by atoms with E-state index in [1.807, 2.05) is 13.0 Å². The first kappa shape index (κ1) is 6.40. The molecule has 0 radical (unpaired) electrons. The van der Waals surface area contributed by atoms with Crippen LogP contribution in [0.25, 0.3) is 5.57 Å². The summed E-state index contributed by atoms with van der Waals surface area (Å²) in [6, 6.07) is 3.46. The van der Waals surface area contributed by atoms with Crippen LogP contribution >= 0.6 is 0 Å². The van der Waals surface area contributed by atoms with E-state index in [4.69, 9.17) is 0 Å². The van der Waals surface area contributed by atoms with Gasteiger partial charge in [0.2, 0.25) is 5.56 Å². The summed E-state index contributed by atoms with van der Waals surface area (Å²) in [4.78, 5) is 13.7. The third kappa shape index (κ3) is 0.909. The third-order valence-electron chi connectivity index (χ3n) is 2.03. The maximum atomic E-state index is 10.9. The predicted octanol–water partition coefficient (Wildman–Crippen LogP) is 1.33. The van der Waals surface area contributed by atoms with Gasteiger partial charge in [-0.05, 0) is 24.5 Å². The van der Waals surface area contributed by atoms with Gasteiger partial charge in [-0.25, -0.2) is 0 Å². The van der Waals surface area contributed by atoms with E-state index in [0.29, 0.717) is 0 Å². The van der Waals surface area contributed by atoms with Gasteiger partial charge < -0.3 is 4.98 Å². The molecule has 2 rings (SSSR count). The summed E-state index contributed by atoms with van der Waals surface area (Å²) >= 11 is 0. The van der Waals surface area contributed by atoms with Crippen molar-refractivity contribution >= 4 is 5.57 Å². The molecule has 1 aromatic heterocycles. The van der Waals surface area contributed by atoms with Crippen molar-refractivity contribution in [1.29, 1.82) is 0 Å². The highest BCUT2D eigenvalue weighted by Gasteiger charge is 2.09. The van der Waals surface area contributed by atoms with Crippen LogP contribution in [0.4, 0.5) is 0 Å². The molecule has 0 unspecified atom stereocenters. The molecule has 0 fully saturated rings. The average molecular weight is 147 g/mol. The molecule has 1 N–H and O–H groups in total. The molecule has 11 heavy (non-hydrogen) atoms. The molecule has 56 valence electrons. The van der Waals surface area contributed by atoms with Crippen molar-refractivity contribution in [2.45, 2.75) is 13.3 Å². The van der Waals surface area contributed by atoms with Crippen molar-refractivity contribution in [2.24, 2.45) is 0 Å². The van der Waals surface area contributed by atoms with Crippen LogP contribution in [-0.2, 0) is 6.42 Å². The van der Waals surface area contributed by atoms with Crippen molar-refractivity contribution < 1.29 is 0 Å². The molecule has 1 aliphatic rings. The van der Waals surface area contributed by atoms with Crippen LogP contribution in [0.3, 0.4) is 0 Å². The Hall–Kier alpha value is -1.31. The summed E-state index contributed by atoms with van der Waals surface area (Å²) in [6.45, 7) is 2.02. The number of hydrogen-bond acceptors (Lipinski definition) is 1. The Labute approximate surface area is 64.6 Å². The smallest absolute Gasteiger partial charge is 0.248 e. The molecular formula is C9H9NO. The van der Waals surface area contributed by atoms with Gasteiger partial charge in [-0.2, -0.15) is 0 Å². The van der Waals surface area contributed by atoms with Crippen LogP contribution in [0.5, 0.6) is 0 Å². The number of nitrogens with one attached hydrogen (secondary N) is 1. The molecular weight excluding hydrogens is 138 g/mol. The molecule has 2 heteroatoms. The van der Waals surface area contributed by atoms with Gasteiger partial charge in [-0.15, -0.1) is 0 Å². The van der Waals surface area contributed by atoms with Gasteiger partial charge in [0.1, 0.15) is 0 Å².